The highest BCUT2D eigenvalue weighted by Gasteiger charge is 2.65. The number of methoxy groups -OCH3 is 1. The maximum absolute atomic E-state index is 12.8. The summed E-state index contributed by atoms with van der Waals surface area (Å²) >= 11 is 1.39. The van der Waals surface area contributed by atoms with Crippen LogP contribution >= 0.6 is 11.3 Å². The third-order valence-electron chi connectivity index (χ3n) is 5.64. The summed E-state index contributed by atoms with van der Waals surface area (Å²) in [4.78, 5) is 30.1. The van der Waals surface area contributed by atoms with Crippen LogP contribution in [-0.4, -0.2) is 43.4 Å². The number of benzene rings is 1. The number of hydrogen-bond acceptors (Lipinski definition) is 9. The maximum atomic E-state index is 12.8. The minimum absolute atomic E-state index is 0.194. The molecule has 8 nitrogen and oxygen atoms in total. The van der Waals surface area contributed by atoms with E-state index in [-0.39, 0.29) is 19.4 Å². The Hall–Kier alpha value is -2.65. The van der Waals surface area contributed by atoms with E-state index >= 15 is 0 Å². The quantitative estimate of drug-likeness (QED) is 0.372. The molecule has 1 aromatic heterocycles. The smallest absolute Gasteiger partial charge is 0.324 e. The van der Waals surface area contributed by atoms with Gasteiger partial charge in [-0.3, -0.25) is 9.59 Å². The van der Waals surface area contributed by atoms with Crippen molar-refractivity contribution in [1.29, 1.82) is 0 Å². The molecule has 2 aromatic rings. The highest BCUT2D eigenvalue weighted by atomic mass is 32.1. The van der Waals surface area contributed by atoms with Crippen LogP contribution in [0.4, 0.5) is 10.8 Å². The summed E-state index contributed by atoms with van der Waals surface area (Å²) in [6, 6.07) is 7.53. The highest BCUT2D eigenvalue weighted by molar-refractivity contribution is 7.13. The first-order valence-electron chi connectivity index (χ1n) is 10.3. The van der Waals surface area contributed by atoms with E-state index in [4.69, 9.17) is 18.9 Å². The molecular formula is C22H26N2O6S. The summed E-state index contributed by atoms with van der Waals surface area (Å²) < 4.78 is 22.1. The Balaban J connectivity index is 1.50. The van der Waals surface area contributed by atoms with Crippen molar-refractivity contribution < 1.29 is 28.5 Å². The van der Waals surface area contributed by atoms with Gasteiger partial charge in [-0.1, -0.05) is 19.1 Å². The molecular weight excluding hydrogens is 420 g/mol. The van der Waals surface area contributed by atoms with E-state index in [2.05, 4.69) is 10.3 Å². The van der Waals surface area contributed by atoms with Crippen molar-refractivity contribution in [1.82, 2.24) is 4.98 Å². The zero-order valence-corrected chi connectivity index (χ0v) is 18.6. The third kappa shape index (κ3) is 3.99. The molecule has 1 aromatic carbocycles. The van der Waals surface area contributed by atoms with Crippen molar-refractivity contribution >= 4 is 34.1 Å². The number of ether oxygens (including phenoxy) is 4. The van der Waals surface area contributed by atoms with Gasteiger partial charge in [-0.05, 0) is 25.5 Å². The molecule has 31 heavy (non-hydrogen) atoms. The summed E-state index contributed by atoms with van der Waals surface area (Å²) in [5.74, 6) is -0.388. The predicted octanol–water partition coefficient (Wildman–Crippen LogP) is 3.79. The number of carbonyl (C=O) groups is 2. The monoisotopic (exact) mass is 446 g/mol. The van der Waals surface area contributed by atoms with Crippen LogP contribution in [0.5, 0.6) is 5.75 Å². The number of cyclic esters (lactones) is 2. The molecule has 0 saturated carbocycles. The largest absolute Gasteiger partial charge is 0.495 e. The summed E-state index contributed by atoms with van der Waals surface area (Å²) in [6.07, 6.45) is 0.897. The molecule has 3 heterocycles. The zero-order chi connectivity index (χ0) is 22.1. The van der Waals surface area contributed by atoms with E-state index < -0.39 is 29.1 Å². The van der Waals surface area contributed by atoms with Crippen LogP contribution in [0.25, 0.3) is 0 Å². The van der Waals surface area contributed by atoms with Gasteiger partial charge < -0.3 is 24.3 Å². The first kappa shape index (κ1) is 21.6. The van der Waals surface area contributed by atoms with Gasteiger partial charge in [0.05, 0.1) is 25.1 Å². The first-order valence-corrected chi connectivity index (χ1v) is 11.2. The zero-order valence-electron chi connectivity index (χ0n) is 17.8. The van der Waals surface area contributed by atoms with Crippen molar-refractivity contribution in [3.63, 3.8) is 0 Å². The lowest BCUT2D eigenvalue weighted by Crippen LogP contribution is -2.32. The van der Waals surface area contributed by atoms with Crippen molar-refractivity contribution in [3.8, 4) is 5.75 Å². The fourth-order valence-electron chi connectivity index (χ4n) is 4.11. The van der Waals surface area contributed by atoms with Crippen LogP contribution in [0, 0.1) is 5.41 Å². The number of rotatable bonds is 8. The Labute approximate surface area is 184 Å². The van der Waals surface area contributed by atoms with Crippen LogP contribution in [0.2, 0.25) is 0 Å². The minimum atomic E-state index is -1.30. The number of hydrogen-bond donors (Lipinski definition) is 1. The summed E-state index contributed by atoms with van der Waals surface area (Å²) in [6.45, 7) is 4.67. The molecule has 0 aliphatic carbocycles. The Morgan fingerprint density at radius 2 is 2.10 bits per heavy atom. The van der Waals surface area contributed by atoms with Crippen LogP contribution < -0.4 is 10.1 Å². The normalized spacial score (nSPS) is 27.4. The number of nitrogens with one attached hydrogen (secondary N) is 1. The Bertz CT molecular complexity index is 978. The Morgan fingerprint density at radius 3 is 2.87 bits per heavy atom. The number of carbonyl (C=O) groups excluding carboxylic acids is 2. The van der Waals surface area contributed by atoms with Gasteiger partial charge in [-0.15, -0.1) is 11.3 Å². The highest BCUT2D eigenvalue weighted by Crippen LogP contribution is 2.52. The lowest BCUT2D eigenvalue weighted by Gasteiger charge is -2.20. The summed E-state index contributed by atoms with van der Waals surface area (Å²) in [5.41, 5.74) is -0.926. The lowest BCUT2D eigenvalue weighted by atomic mass is 9.78. The molecule has 2 fully saturated rings. The summed E-state index contributed by atoms with van der Waals surface area (Å²) in [5, 5.41) is 5.71. The van der Waals surface area contributed by atoms with E-state index in [1.807, 2.05) is 36.6 Å². The molecule has 2 aliphatic rings. The van der Waals surface area contributed by atoms with Gasteiger partial charge in [0.15, 0.2) is 16.1 Å². The minimum Gasteiger partial charge on any atom is -0.495 e. The van der Waals surface area contributed by atoms with E-state index in [1.165, 1.54) is 11.3 Å². The van der Waals surface area contributed by atoms with Crippen LogP contribution in [0.1, 0.15) is 38.8 Å². The van der Waals surface area contributed by atoms with Crippen molar-refractivity contribution in [2.75, 3.05) is 25.6 Å². The number of esters is 2. The SMILES string of the molecule is CCCOC[C@@H]1C[C@@]2(C[C@@](C)(c3csc(Nc4ccccc4OC)n3)OC2=O)C(=O)O1. The van der Waals surface area contributed by atoms with Crippen LogP contribution in [0.3, 0.4) is 0 Å². The lowest BCUT2D eigenvalue weighted by molar-refractivity contribution is -0.160. The van der Waals surface area contributed by atoms with E-state index in [1.54, 1.807) is 14.0 Å². The van der Waals surface area contributed by atoms with Gasteiger partial charge in [0.2, 0.25) is 0 Å². The molecule has 0 unspecified atom stereocenters. The number of aromatic nitrogens is 1. The Kier molecular flexibility index (Phi) is 5.90. The fraction of sp³-hybridized carbons (Fsp3) is 0.500. The van der Waals surface area contributed by atoms with Crippen molar-refractivity contribution in [2.45, 2.75) is 44.8 Å². The van der Waals surface area contributed by atoms with Crippen LogP contribution in [-0.2, 0) is 29.4 Å². The number of anilines is 2. The molecule has 1 spiro atoms. The summed E-state index contributed by atoms with van der Waals surface area (Å²) in [7, 11) is 1.60. The molecule has 0 radical (unpaired) electrons. The molecule has 0 amide bonds. The standard InChI is InChI=1S/C22H26N2O6S/c1-4-9-28-11-14-10-22(18(25)29-14)13-21(2,30-19(22)26)17-12-31-20(24-17)23-15-7-5-6-8-16(15)27-3/h5-8,12,14H,4,9-11,13H2,1-3H3,(H,23,24)/t14-,21-,22+/m0/s1. The van der Waals surface area contributed by atoms with E-state index in [0.717, 1.165) is 12.1 Å². The number of para-hydroxylation sites is 2. The second-order valence-corrected chi connectivity index (χ2v) is 8.91. The molecule has 2 aliphatic heterocycles. The molecule has 2 saturated heterocycles. The van der Waals surface area contributed by atoms with Gasteiger partial charge in [0.1, 0.15) is 11.9 Å². The average molecular weight is 447 g/mol. The molecule has 0 bridgehead atoms. The van der Waals surface area contributed by atoms with Crippen molar-refractivity contribution in [2.24, 2.45) is 5.41 Å². The number of nitrogens with zero attached hydrogens (tertiary/aromatic N) is 1. The molecule has 3 atom stereocenters. The second kappa shape index (κ2) is 8.47. The van der Waals surface area contributed by atoms with Crippen LogP contribution in [0.15, 0.2) is 29.6 Å². The first-order chi connectivity index (χ1) is 14.9. The second-order valence-electron chi connectivity index (χ2n) is 8.05. The molecule has 4 rings (SSSR count). The van der Waals surface area contributed by atoms with E-state index in [9.17, 15) is 9.59 Å². The van der Waals surface area contributed by atoms with Gasteiger partial charge in [-0.2, -0.15) is 0 Å². The van der Waals surface area contributed by atoms with Gasteiger partial charge in [0, 0.05) is 24.8 Å². The predicted molar refractivity (Wildman–Crippen MR) is 114 cm³/mol. The average Bonchev–Trinajstić information content (AvgIpc) is 3.41. The van der Waals surface area contributed by atoms with Gasteiger partial charge in [-0.25, -0.2) is 4.98 Å². The maximum Gasteiger partial charge on any atom is 0.324 e. The van der Waals surface area contributed by atoms with Crippen molar-refractivity contribution in [3.05, 3.63) is 35.3 Å². The topological polar surface area (TPSA) is 96.0 Å². The van der Waals surface area contributed by atoms with E-state index in [0.29, 0.717) is 23.2 Å². The fourth-order valence-corrected chi connectivity index (χ4v) is 4.95. The molecule has 1 N–H and O–H groups in total. The van der Waals surface area contributed by atoms with Gasteiger partial charge in [0.25, 0.3) is 0 Å². The molecule has 9 heteroatoms. The third-order valence-corrected chi connectivity index (χ3v) is 6.39. The number of thiazole rings is 1. The molecule has 166 valence electrons. The van der Waals surface area contributed by atoms with Gasteiger partial charge >= 0.3 is 11.9 Å². The Morgan fingerprint density at radius 1 is 1.29 bits per heavy atom.